The van der Waals surface area contributed by atoms with Crippen LogP contribution < -0.4 is 11.1 Å². The number of nitrogens with zero attached hydrogens (tertiary/aromatic N) is 1. The number of aryl methyl sites for hydroxylation is 1. The second-order valence-electron chi connectivity index (χ2n) is 3.22. The van der Waals surface area contributed by atoms with Crippen molar-refractivity contribution in [3.8, 4) is 0 Å². The van der Waals surface area contributed by atoms with E-state index in [-0.39, 0.29) is 5.91 Å². The Morgan fingerprint density at radius 3 is 2.93 bits per heavy atom. The number of rotatable bonds is 4. The van der Waals surface area contributed by atoms with Gasteiger partial charge in [-0.15, -0.1) is 0 Å². The molecule has 0 radical (unpaired) electrons. The van der Waals surface area contributed by atoms with Gasteiger partial charge in [0.2, 0.25) is 0 Å². The molecule has 1 rings (SSSR count). The monoisotopic (exact) mass is 227 g/mol. The smallest absolute Gasteiger partial charge is 0.251 e. The van der Waals surface area contributed by atoms with E-state index >= 15 is 0 Å². The average Bonchev–Trinajstić information content (AvgIpc) is 2.16. The molecule has 0 aliphatic heterocycles. The van der Waals surface area contributed by atoms with Crippen molar-refractivity contribution in [1.29, 1.82) is 0 Å². The number of pyridine rings is 1. The summed E-state index contributed by atoms with van der Waals surface area (Å²) in [5.41, 5.74) is 6.58. The van der Waals surface area contributed by atoms with Crippen LogP contribution in [-0.2, 0) is 0 Å². The zero-order valence-electron chi connectivity index (χ0n) is 8.59. The summed E-state index contributed by atoms with van der Waals surface area (Å²) in [5, 5.41) is 3.08. The number of hydrogen-bond acceptors (Lipinski definition) is 3. The van der Waals surface area contributed by atoms with Gasteiger partial charge in [-0.2, -0.15) is 0 Å². The molecule has 4 nitrogen and oxygen atoms in total. The number of hydrogen-bond donors (Lipinski definition) is 2. The third-order valence-corrected chi connectivity index (χ3v) is 2.04. The lowest BCUT2D eigenvalue weighted by Gasteiger charge is -2.05. The van der Waals surface area contributed by atoms with Crippen molar-refractivity contribution < 1.29 is 4.79 Å². The molecule has 0 bridgehead atoms. The number of halogens is 1. The highest BCUT2D eigenvalue weighted by atomic mass is 35.5. The molecular formula is C10H14ClN3O. The lowest BCUT2D eigenvalue weighted by atomic mass is 10.2. The number of nitrogens with two attached hydrogens (primary N) is 1. The Morgan fingerprint density at radius 1 is 1.60 bits per heavy atom. The summed E-state index contributed by atoms with van der Waals surface area (Å²) < 4.78 is 0. The molecule has 0 aliphatic rings. The van der Waals surface area contributed by atoms with E-state index in [1.54, 1.807) is 19.1 Å². The van der Waals surface area contributed by atoms with Gasteiger partial charge in [-0.3, -0.25) is 4.79 Å². The molecule has 0 unspecified atom stereocenters. The fraction of sp³-hybridized carbons (Fsp3) is 0.400. The van der Waals surface area contributed by atoms with E-state index in [1.165, 1.54) is 0 Å². The molecule has 0 saturated heterocycles. The molecule has 0 fully saturated rings. The summed E-state index contributed by atoms with van der Waals surface area (Å²) in [6, 6.07) is 3.25. The van der Waals surface area contributed by atoms with E-state index in [1.807, 2.05) is 0 Å². The lowest BCUT2D eigenvalue weighted by molar-refractivity contribution is 0.0953. The number of aromatic nitrogens is 1. The Bertz CT molecular complexity index is 334. The van der Waals surface area contributed by atoms with Crippen LogP contribution in [0.5, 0.6) is 0 Å². The van der Waals surface area contributed by atoms with Crippen LogP contribution in [0, 0.1) is 6.92 Å². The van der Waals surface area contributed by atoms with Crippen molar-refractivity contribution in [2.45, 2.75) is 13.3 Å². The highest BCUT2D eigenvalue weighted by molar-refractivity contribution is 6.29. The Morgan fingerprint density at radius 2 is 2.33 bits per heavy atom. The van der Waals surface area contributed by atoms with Gasteiger partial charge >= 0.3 is 0 Å². The van der Waals surface area contributed by atoms with Crippen LogP contribution in [0.25, 0.3) is 0 Å². The predicted molar refractivity (Wildman–Crippen MR) is 60.0 cm³/mol. The first-order valence-electron chi connectivity index (χ1n) is 4.76. The van der Waals surface area contributed by atoms with Crippen LogP contribution in [0.4, 0.5) is 0 Å². The number of nitrogens with one attached hydrogen (secondary N) is 1. The van der Waals surface area contributed by atoms with Crippen LogP contribution in [0.3, 0.4) is 0 Å². The van der Waals surface area contributed by atoms with Gasteiger partial charge in [-0.25, -0.2) is 4.98 Å². The Kier molecular flexibility index (Phi) is 4.52. The van der Waals surface area contributed by atoms with Crippen molar-refractivity contribution in [2.75, 3.05) is 13.1 Å². The van der Waals surface area contributed by atoms with Crippen molar-refractivity contribution in [1.82, 2.24) is 10.3 Å². The van der Waals surface area contributed by atoms with Crippen LogP contribution in [-0.4, -0.2) is 24.0 Å². The van der Waals surface area contributed by atoms with Gasteiger partial charge < -0.3 is 11.1 Å². The van der Waals surface area contributed by atoms with E-state index in [9.17, 15) is 4.79 Å². The van der Waals surface area contributed by atoms with Crippen molar-refractivity contribution >= 4 is 17.5 Å². The number of amides is 1. The maximum atomic E-state index is 11.6. The maximum Gasteiger partial charge on any atom is 0.251 e. The predicted octanol–water partition coefficient (Wildman–Crippen LogP) is 1.12. The van der Waals surface area contributed by atoms with Crippen LogP contribution in [0.2, 0.25) is 5.15 Å². The molecule has 1 aromatic heterocycles. The summed E-state index contributed by atoms with van der Waals surface area (Å²) in [5.74, 6) is -0.143. The highest BCUT2D eigenvalue weighted by Gasteiger charge is 2.06. The summed E-state index contributed by atoms with van der Waals surface area (Å²) >= 11 is 5.74. The summed E-state index contributed by atoms with van der Waals surface area (Å²) in [4.78, 5) is 15.6. The van der Waals surface area contributed by atoms with Gasteiger partial charge in [0.1, 0.15) is 5.15 Å². The first-order valence-corrected chi connectivity index (χ1v) is 5.13. The minimum absolute atomic E-state index is 0.143. The zero-order valence-corrected chi connectivity index (χ0v) is 9.34. The van der Waals surface area contributed by atoms with Crippen LogP contribution in [0.15, 0.2) is 12.1 Å². The molecule has 1 aromatic rings. The molecule has 0 aliphatic carbocycles. The van der Waals surface area contributed by atoms with E-state index < -0.39 is 0 Å². The molecule has 0 aromatic carbocycles. The Labute approximate surface area is 93.8 Å². The fourth-order valence-corrected chi connectivity index (χ4v) is 1.42. The molecule has 0 saturated carbocycles. The van der Waals surface area contributed by atoms with Crippen molar-refractivity contribution in [3.05, 3.63) is 28.5 Å². The maximum absolute atomic E-state index is 11.6. The number of carbonyl (C=O) groups excluding carboxylic acids is 1. The molecule has 15 heavy (non-hydrogen) atoms. The van der Waals surface area contributed by atoms with E-state index in [0.29, 0.717) is 23.8 Å². The third kappa shape index (κ3) is 3.85. The van der Waals surface area contributed by atoms with Crippen LogP contribution >= 0.6 is 11.6 Å². The second-order valence-corrected chi connectivity index (χ2v) is 3.61. The fourth-order valence-electron chi connectivity index (χ4n) is 1.17. The lowest BCUT2D eigenvalue weighted by Crippen LogP contribution is -2.26. The average molecular weight is 228 g/mol. The summed E-state index contributed by atoms with van der Waals surface area (Å²) in [6.07, 6.45) is 0.767. The first-order chi connectivity index (χ1) is 7.13. The summed E-state index contributed by atoms with van der Waals surface area (Å²) in [6.45, 7) is 2.94. The normalized spacial score (nSPS) is 10.1. The quantitative estimate of drug-likeness (QED) is 0.598. The molecule has 3 N–H and O–H groups in total. The Balaban J connectivity index is 2.65. The van der Waals surface area contributed by atoms with Gasteiger partial charge in [0.25, 0.3) is 5.91 Å². The molecule has 5 heteroatoms. The first kappa shape index (κ1) is 11.9. The second kappa shape index (κ2) is 5.68. The largest absolute Gasteiger partial charge is 0.352 e. The van der Waals surface area contributed by atoms with Gasteiger partial charge in [-0.05, 0) is 32.0 Å². The highest BCUT2D eigenvalue weighted by Crippen LogP contribution is 2.10. The third-order valence-electron chi connectivity index (χ3n) is 1.85. The minimum atomic E-state index is -0.143. The van der Waals surface area contributed by atoms with Gasteiger partial charge in [-0.1, -0.05) is 11.6 Å². The summed E-state index contributed by atoms with van der Waals surface area (Å²) in [7, 11) is 0. The van der Waals surface area contributed by atoms with Crippen molar-refractivity contribution in [2.24, 2.45) is 5.73 Å². The number of carbonyl (C=O) groups is 1. The van der Waals surface area contributed by atoms with Gasteiger partial charge in [0.15, 0.2) is 0 Å². The van der Waals surface area contributed by atoms with Crippen molar-refractivity contribution in [3.63, 3.8) is 0 Å². The molecule has 0 spiro atoms. The minimum Gasteiger partial charge on any atom is -0.352 e. The van der Waals surface area contributed by atoms with Crippen LogP contribution in [0.1, 0.15) is 22.5 Å². The topological polar surface area (TPSA) is 68.0 Å². The van der Waals surface area contributed by atoms with Gasteiger partial charge in [0, 0.05) is 17.8 Å². The molecule has 1 amide bonds. The SMILES string of the molecule is Cc1cc(C(=O)NCCCN)cc(Cl)n1. The van der Waals surface area contributed by atoms with E-state index in [4.69, 9.17) is 17.3 Å². The molecule has 82 valence electrons. The standard InChI is InChI=1S/C10H14ClN3O/c1-7-5-8(6-9(11)14-7)10(15)13-4-2-3-12/h5-6H,2-4,12H2,1H3,(H,13,15). The van der Waals surface area contributed by atoms with E-state index in [0.717, 1.165) is 12.1 Å². The van der Waals surface area contributed by atoms with E-state index in [2.05, 4.69) is 10.3 Å². The molecule has 1 heterocycles. The zero-order chi connectivity index (χ0) is 11.3. The Hall–Kier alpha value is -1.13. The molecule has 0 atom stereocenters. The van der Waals surface area contributed by atoms with Gasteiger partial charge in [0.05, 0.1) is 0 Å². The molecular weight excluding hydrogens is 214 g/mol.